The zero-order valence-corrected chi connectivity index (χ0v) is 19.4. The molecule has 3 rings (SSSR count). The van der Waals surface area contributed by atoms with Gasteiger partial charge in [0.15, 0.2) is 0 Å². The van der Waals surface area contributed by atoms with Gasteiger partial charge in [-0.25, -0.2) is 9.37 Å². The number of methoxy groups -OCH3 is 1. The third kappa shape index (κ3) is 4.69. The summed E-state index contributed by atoms with van der Waals surface area (Å²) in [5, 5.41) is 0. The Hall–Kier alpha value is -2.22. The van der Waals surface area contributed by atoms with Crippen LogP contribution in [0, 0.1) is 5.82 Å². The molecular weight excluding hydrogens is 394 g/mol. The van der Waals surface area contributed by atoms with Crippen LogP contribution in [-0.2, 0) is 27.0 Å². The maximum Gasteiger partial charge on any atom is 0.494 e. The summed E-state index contributed by atoms with van der Waals surface area (Å²) in [6.07, 6.45) is 6.00. The van der Waals surface area contributed by atoms with Crippen molar-refractivity contribution in [2.45, 2.75) is 58.8 Å². The first-order valence-corrected chi connectivity index (χ1v) is 10.6. The average Bonchev–Trinajstić information content (AvgIpc) is 3.14. The van der Waals surface area contributed by atoms with E-state index in [1.807, 2.05) is 57.4 Å². The van der Waals surface area contributed by atoms with Crippen molar-refractivity contribution < 1.29 is 18.4 Å². The Morgan fingerprint density at radius 1 is 1.23 bits per heavy atom. The van der Waals surface area contributed by atoms with Crippen molar-refractivity contribution in [1.82, 2.24) is 9.55 Å². The monoisotopic (exact) mass is 426 g/mol. The molecule has 0 saturated carbocycles. The van der Waals surface area contributed by atoms with Gasteiger partial charge in [-0.05, 0) is 63.9 Å². The molecule has 0 unspecified atom stereocenters. The standard InChI is InChI=1S/C24H32BFN2O3/c1-8-10-20-21(9-2)28(13-14-29-7)22(27-20)15-17-11-12-18(16-19(17)26)25-30-23(3,4)24(5,6)31-25/h8-12,16H,2,13-15H2,1,3-7H3/b10-8-. The number of hydrogen-bond acceptors (Lipinski definition) is 4. The van der Waals surface area contributed by atoms with Gasteiger partial charge < -0.3 is 18.6 Å². The van der Waals surface area contributed by atoms with E-state index in [1.54, 1.807) is 19.3 Å². The van der Waals surface area contributed by atoms with Gasteiger partial charge in [0.2, 0.25) is 0 Å². The van der Waals surface area contributed by atoms with E-state index in [2.05, 4.69) is 6.58 Å². The highest BCUT2D eigenvalue weighted by Gasteiger charge is 2.51. The van der Waals surface area contributed by atoms with E-state index in [-0.39, 0.29) is 5.82 Å². The molecule has 166 valence electrons. The fraction of sp³-hybridized carbons (Fsp3) is 0.458. The molecular formula is C24H32BFN2O3. The zero-order valence-electron chi connectivity index (χ0n) is 19.4. The number of aromatic nitrogens is 2. The second kappa shape index (κ2) is 9.11. The van der Waals surface area contributed by atoms with E-state index < -0.39 is 18.3 Å². The average molecular weight is 426 g/mol. The van der Waals surface area contributed by atoms with Crippen LogP contribution in [0.1, 0.15) is 57.4 Å². The Morgan fingerprint density at radius 2 is 1.90 bits per heavy atom. The first kappa shape index (κ1) is 23.4. The Labute approximate surface area is 185 Å². The van der Waals surface area contributed by atoms with Crippen molar-refractivity contribution in [3.8, 4) is 0 Å². The lowest BCUT2D eigenvalue weighted by molar-refractivity contribution is 0.00578. The Bertz CT molecular complexity index is 965. The fourth-order valence-corrected chi connectivity index (χ4v) is 3.60. The second-order valence-corrected chi connectivity index (χ2v) is 8.76. The van der Waals surface area contributed by atoms with E-state index in [9.17, 15) is 0 Å². The van der Waals surface area contributed by atoms with Crippen LogP contribution in [0.15, 0.2) is 30.9 Å². The fourth-order valence-electron chi connectivity index (χ4n) is 3.60. The summed E-state index contributed by atoms with van der Waals surface area (Å²) in [6, 6.07) is 5.15. The highest BCUT2D eigenvalue weighted by atomic mass is 19.1. The van der Waals surface area contributed by atoms with Gasteiger partial charge in [-0.3, -0.25) is 0 Å². The Kier molecular flexibility index (Phi) is 6.89. The summed E-state index contributed by atoms with van der Waals surface area (Å²) >= 11 is 0. The van der Waals surface area contributed by atoms with Crippen molar-refractivity contribution in [2.75, 3.05) is 13.7 Å². The van der Waals surface area contributed by atoms with Crippen molar-refractivity contribution in [1.29, 1.82) is 0 Å². The molecule has 1 saturated heterocycles. The molecule has 31 heavy (non-hydrogen) atoms. The van der Waals surface area contributed by atoms with Crippen LogP contribution in [0.3, 0.4) is 0 Å². The highest BCUT2D eigenvalue weighted by Crippen LogP contribution is 2.36. The molecule has 1 aromatic carbocycles. The first-order valence-electron chi connectivity index (χ1n) is 10.6. The van der Waals surface area contributed by atoms with Crippen LogP contribution in [0.4, 0.5) is 4.39 Å². The zero-order chi connectivity index (χ0) is 22.8. The van der Waals surface area contributed by atoms with Gasteiger partial charge in [-0.1, -0.05) is 24.8 Å². The molecule has 0 radical (unpaired) electrons. The molecule has 7 heteroatoms. The molecule has 0 spiro atoms. The van der Waals surface area contributed by atoms with E-state index in [0.29, 0.717) is 30.6 Å². The number of allylic oxidation sites excluding steroid dienone is 1. The van der Waals surface area contributed by atoms with Crippen molar-refractivity contribution in [2.24, 2.45) is 0 Å². The van der Waals surface area contributed by atoms with Gasteiger partial charge in [0, 0.05) is 20.1 Å². The maximum atomic E-state index is 15.1. The number of benzene rings is 1. The molecule has 0 aliphatic carbocycles. The SMILES string of the molecule is C=Cc1c(/C=C\C)nc(Cc2ccc(B3OC(C)(C)C(C)(C)O3)cc2F)n1CCOC. The summed E-state index contributed by atoms with van der Waals surface area (Å²) in [7, 11) is 1.07. The summed E-state index contributed by atoms with van der Waals surface area (Å²) in [4.78, 5) is 4.73. The van der Waals surface area contributed by atoms with Crippen LogP contribution in [0.25, 0.3) is 12.2 Å². The van der Waals surface area contributed by atoms with E-state index in [4.69, 9.17) is 19.0 Å². The second-order valence-electron chi connectivity index (χ2n) is 8.76. The van der Waals surface area contributed by atoms with Crippen LogP contribution < -0.4 is 5.46 Å². The number of halogens is 1. The topological polar surface area (TPSA) is 45.5 Å². The predicted molar refractivity (Wildman–Crippen MR) is 124 cm³/mol. The maximum absolute atomic E-state index is 15.1. The van der Waals surface area contributed by atoms with Gasteiger partial charge >= 0.3 is 7.12 Å². The van der Waals surface area contributed by atoms with E-state index in [0.717, 1.165) is 17.2 Å². The third-order valence-corrected chi connectivity index (χ3v) is 6.10. The van der Waals surface area contributed by atoms with Gasteiger partial charge in [-0.2, -0.15) is 0 Å². The lowest BCUT2D eigenvalue weighted by Crippen LogP contribution is -2.41. The molecule has 1 aliphatic rings. The largest absolute Gasteiger partial charge is 0.494 e. The third-order valence-electron chi connectivity index (χ3n) is 6.10. The first-order chi connectivity index (χ1) is 14.6. The quantitative estimate of drug-likeness (QED) is 0.593. The normalized spacial score (nSPS) is 17.6. The van der Waals surface area contributed by atoms with Crippen molar-refractivity contribution in [3.05, 3.63) is 59.4 Å². The molecule has 0 bridgehead atoms. The molecule has 1 aliphatic heterocycles. The summed E-state index contributed by atoms with van der Waals surface area (Å²) in [5.74, 6) is 0.462. The number of nitrogens with zero attached hydrogens (tertiary/aromatic N) is 2. The van der Waals surface area contributed by atoms with Crippen LogP contribution in [0.5, 0.6) is 0 Å². The highest BCUT2D eigenvalue weighted by molar-refractivity contribution is 6.62. The summed E-state index contributed by atoms with van der Waals surface area (Å²) in [5.41, 5.74) is 2.01. The van der Waals surface area contributed by atoms with E-state index >= 15 is 4.39 Å². The van der Waals surface area contributed by atoms with Gasteiger partial charge in [0.1, 0.15) is 11.6 Å². The molecule has 0 atom stereocenters. The molecule has 2 heterocycles. The number of hydrogen-bond donors (Lipinski definition) is 0. The molecule has 2 aromatic rings. The number of rotatable bonds is 8. The molecule has 1 fully saturated rings. The number of ether oxygens (including phenoxy) is 1. The Morgan fingerprint density at radius 3 is 2.45 bits per heavy atom. The summed E-state index contributed by atoms with van der Waals surface area (Å²) < 4.78 is 34.5. The van der Waals surface area contributed by atoms with Crippen molar-refractivity contribution >= 4 is 24.7 Å². The van der Waals surface area contributed by atoms with Gasteiger partial charge in [0.25, 0.3) is 0 Å². The smallest absolute Gasteiger partial charge is 0.399 e. The van der Waals surface area contributed by atoms with Crippen LogP contribution in [0.2, 0.25) is 0 Å². The van der Waals surface area contributed by atoms with Gasteiger partial charge in [-0.15, -0.1) is 0 Å². The molecule has 0 amide bonds. The van der Waals surface area contributed by atoms with Crippen molar-refractivity contribution in [3.63, 3.8) is 0 Å². The van der Waals surface area contributed by atoms with Gasteiger partial charge in [0.05, 0.1) is 29.2 Å². The lowest BCUT2D eigenvalue weighted by Gasteiger charge is -2.32. The van der Waals surface area contributed by atoms with E-state index in [1.165, 1.54) is 6.07 Å². The van der Waals surface area contributed by atoms with Crippen LogP contribution in [-0.4, -0.2) is 41.6 Å². The summed E-state index contributed by atoms with van der Waals surface area (Å²) in [6.45, 7) is 14.9. The molecule has 1 aromatic heterocycles. The lowest BCUT2D eigenvalue weighted by atomic mass is 9.78. The molecule has 0 N–H and O–H groups in total. The minimum Gasteiger partial charge on any atom is -0.399 e. The molecule has 5 nitrogen and oxygen atoms in total. The predicted octanol–water partition coefficient (Wildman–Crippen LogP) is 4.23. The Balaban J connectivity index is 1.89. The van der Waals surface area contributed by atoms with Crippen LogP contribution >= 0.6 is 0 Å². The minimum absolute atomic E-state index is 0.304. The number of imidazole rings is 1. The minimum atomic E-state index is -0.592.